The molecule has 106 valence electrons. The zero-order chi connectivity index (χ0) is 14.5. The molecule has 1 N–H and O–H groups in total. The number of rotatable bonds is 5. The molecule has 0 aliphatic heterocycles. The van der Waals surface area contributed by atoms with Crippen molar-refractivity contribution in [2.45, 2.75) is 19.3 Å². The number of hydrogen-bond donors (Lipinski definition) is 1. The molecule has 0 saturated heterocycles. The van der Waals surface area contributed by atoms with Crippen molar-refractivity contribution in [3.63, 3.8) is 0 Å². The summed E-state index contributed by atoms with van der Waals surface area (Å²) in [5, 5.41) is 4.14. The number of benzene rings is 2. The van der Waals surface area contributed by atoms with E-state index in [2.05, 4.69) is 64.6 Å². The van der Waals surface area contributed by atoms with Gasteiger partial charge in [-0.05, 0) is 55.3 Å². The van der Waals surface area contributed by atoms with E-state index in [1.165, 1.54) is 16.7 Å². The van der Waals surface area contributed by atoms with Gasteiger partial charge in [0, 0.05) is 22.0 Å². The van der Waals surface area contributed by atoms with Crippen LogP contribution in [-0.2, 0) is 6.42 Å². The lowest BCUT2D eigenvalue weighted by Gasteiger charge is -2.18. The van der Waals surface area contributed by atoms with Gasteiger partial charge in [0.25, 0.3) is 0 Å². The third kappa shape index (κ3) is 4.08. The molecule has 2 rings (SSSR count). The van der Waals surface area contributed by atoms with Crippen LogP contribution in [0.4, 0.5) is 0 Å². The molecule has 0 radical (unpaired) electrons. The highest BCUT2D eigenvalue weighted by atomic mass is 79.9. The zero-order valence-corrected chi connectivity index (χ0v) is 14.1. The molecule has 0 saturated carbocycles. The summed E-state index contributed by atoms with van der Waals surface area (Å²) in [6.45, 7) is 3.00. The molecule has 0 aromatic heterocycles. The van der Waals surface area contributed by atoms with Crippen LogP contribution in [-0.4, -0.2) is 13.6 Å². The fraction of sp³-hybridized carbons (Fsp3) is 0.294. The average molecular weight is 353 g/mol. The fourth-order valence-corrected chi connectivity index (χ4v) is 3.13. The lowest BCUT2D eigenvalue weighted by atomic mass is 9.91. The minimum atomic E-state index is 0.415. The van der Waals surface area contributed by atoms with Crippen LogP contribution in [0.1, 0.15) is 22.6 Å². The van der Waals surface area contributed by atoms with Gasteiger partial charge in [0.05, 0.1) is 0 Å². The Labute approximate surface area is 134 Å². The van der Waals surface area contributed by atoms with Crippen molar-refractivity contribution in [3.8, 4) is 0 Å². The van der Waals surface area contributed by atoms with E-state index >= 15 is 0 Å². The van der Waals surface area contributed by atoms with Crippen LogP contribution in [0.15, 0.2) is 46.9 Å². The SMILES string of the molecule is CNCC(Cc1ccc(C)cc1Cl)c1cccc(Br)c1. The molecule has 1 nitrogen and oxygen atoms in total. The maximum Gasteiger partial charge on any atom is 0.0440 e. The maximum absolute atomic E-state index is 6.36. The fourth-order valence-electron chi connectivity index (χ4n) is 2.40. The van der Waals surface area contributed by atoms with Gasteiger partial charge in [0.1, 0.15) is 0 Å². The Bertz CT molecular complexity index is 583. The quantitative estimate of drug-likeness (QED) is 0.802. The Morgan fingerprint density at radius 2 is 2.00 bits per heavy atom. The first kappa shape index (κ1) is 15.6. The molecule has 2 aromatic carbocycles. The summed E-state index contributed by atoms with van der Waals surface area (Å²) in [5.74, 6) is 0.415. The van der Waals surface area contributed by atoms with Gasteiger partial charge in [-0.25, -0.2) is 0 Å². The maximum atomic E-state index is 6.36. The van der Waals surface area contributed by atoms with Crippen LogP contribution >= 0.6 is 27.5 Å². The Kier molecular flexibility index (Phi) is 5.64. The predicted octanol–water partition coefficient (Wildman–Crippen LogP) is 4.96. The van der Waals surface area contributed by atoms with Crippen molar-refractivity contribution < 1.29 is 0 Å². The van der Waals surface area contributed by atoms with E-state index in [0.29, 0.717) is 5.92 Å². The first-order valence-corrected chi connectivity index (χ1v) is 7.92. The molecule has 0 spiro atoms. The van der Waals surface area contributed by atoms with Crippen molar-refractivity contribution in [2.24, 2.45) is 0 Å². The smallest absolute Gasteiger partial charge is 0.0440 e. The largest absolute Gasteiger partial charge is 0.319 e. The van der Waals surface area contributed by atoms with Crippen molar-refractivity contribution in [1.82, 2.24) is 5.32 Å². The predicted molar refractivity (Wildman–Crippen MR) is 90.7 cm³/mol. The number of likely N-dealkylation sites (N-methyl/N-ethyl adjacent to an activating group) is 1. The summed E-state index contributed by atoms with van der Waals surface area (Å²) in [7, 11) is 1.99. The highest BCUT2D eigenvalue weighted by Crippen LogP contribution is 2.27. The van der Waals surface area contributed by atoms with Crippen molar-refractivity contribution in [2.75, 3.05) is 13.6 Å². The third-order valence-corrected chi connectivity index (χ3v) is 4.29. The summed E-state index contributed by atoms with van der Waals surface area (Å²) < 4.78 is 1.12. The Hall–Kier alpha value is -0.830. The lowest BCUT2D eigenvalue weighted by Crippen LogP contribution is -2.19. The molecule has 1 atom stereocenters. The van der Waals surface area contributed by atoms with Gasteiger partial charge < -0.3 is 5.32 Å². The lowest BCUT2D eigenvalue weighted by molar-refractivity contribution is 0.625. The first-order valence-electron chi connectivity index (χ1n) is 6.75. The van der Waals surface area contributed by atoms with E-state index in [9.17, 15) is 0 Å². The molecule has 1 unspecified atom stereocenters. The summed E-state index contributed by atoms with van der Waals surface area (Å²) in [6.07, 6.45) is 0.941. The summed E-state index contributed by atoms with van der Waals surface area (Å²) in [4.78, 5) is 0. The molecule has 0 fully saturated rings. The minimum Gasteiger partial charge on any atom is -0.319 e. The second kappa shape index (κ2) is 7.26. The standard InChI is InChI=1S/C17H19BrClN/c1-12-6-7-14(17(19)8-12)9-15(11-20-2)13-4-3-5-16(18)10-13/h3-8,10,15,20H,9,11H2,1-2H3. The van der Waals surface area contributed by atoms with Gasteiger partial charge in [0.15, 0.2) is 0 Å². The number of halogens is 2. The second-order valence-electron chi connectivity index (χ2n) is 5.11. The van der Waals surface area contributed by atoms with Crippen LogP contribution < -0.4 is 5.32 Å². The minimum absolute atomic E-state index is 0.415. The summed E-state index contributed by atoms with van der Waals surface area (Å²) in [5.41, 5.74) is 3.73. The average Bonchev–Trinajstić information content (AvgIpc) is 2.41. The van der Waals surface area contributed by atoms with Gasteiger partial charge in [-0.2, -0.15) is 0 Å². The van der Waals surface area contributed by atoms with Crippen molar-refractivity contribution >= 4 is 27.5 Å². The zero-order valence-electron chi connectivity index (χ0n) is 11.8. The van der Waals surface area contributed by atoms with Crippen LogP contribution in [0, 0.1) is 6.92 Å². The second-order valence-corrected chi connectivity index (χ2v) is 6.43. The molecule has 20 heavy (non-hydrogen) atoms. The summed E-state index contributed by atoms with van der Waals surface area (Å²) in [6, 6.07) is 14.8. The van der Waals surface area contributed by atoms with Crippen molar-refractivity contribution in [1.29, 1.82) is 0 Å². The topological polar surface area (TPSA) is 12.0 Å². The van der Waals surface area contributed by atoms with Gasteiger partial charge >= 0.3 is 0 Å². The molecular formula is C17H19BrClN. The van der Waals surface area contributed by atoms with E-state index in [1.807, 2.05) is 13.1 Å². The first-order chi connectivity index (χ1) is 9.60. The Morgan fingerprint density at radius 3 is 2.65 bits per heavy atom. The Morgan fingerprint density at radius 1 is 1.20 bits per heavy atom. The normalized spacial score (nSPS) is 12.4. The van der Waals surface area contributed by atoms with Gasteiger partial charge in [-0.15, -0.1) is 0 Å². The van der Waals surface area contributed by atoms with Gasteiger partial charge in [-0.1, -0.05) is 51.8 Å². The van der Waals surface area contributed by atoms with E-state index in [4.69, 9.17) is 11.6 Å². The summed E-state index contributed by atoms with van der Waals surface area (Å²) >= 11 is 9.91. The molecule has 0 heterocycles. The van der Waals surface area contributed by atoms with Crippen LogP contribution in [0.25, 0.3) is 0 Å². The molecule has 2 aromatic rings. The van der Waals surface area contributed by atoms with Crippen LogP contribution in [0.5, 0.6) is 0 Å². The molecule has 0 amide bonds. The van der Waals surface area contributed by atoms with E-state index in [0.717, 1.165) is 22.5 Å². The molecule has 0 bridgehead atoms. The van der Waals surface area contributed by atoms with Crippen molar-refractivity contribution in [3.05, 3.63) is 68.7 Å². The highest BCUT2D eigenvalue weighted by Gasteiger charge is 2.14. The highest BCUT2D eigenvalue weighted by molar-refractivity contribution is 9.10. The number of aryl methyl sites for hydroxylation is 1. The van der Waals surface area contributed by atoms with E-state index in [-0.39, 0.29) is 0 Å². The monoisotopic (exact) mass is 351 g/mol. The Balaban J connectivity index is 2.25. The van der Waals surface area contributed by atoms with E-state index in [1.54, 1.807) is 0 Å². The molecular weight excluding hydrogens is 334 g/mol. The van der Waals surface area contributed by atoms with E-state index < -0.39 is 0 Å². The molecule has 3 heteroatoms. The molecule has 0 aliphatic rings. The number of nitrogens with one attached hydrogen (secondary N) is 1. The number of hydrogen-bond acceptors (Lipinski definition) is 1. The molecule has 0 aliphatic carbocycles. The van der Waals surface area contributed by atoms with Crippen LogP contribution in [0.2, 0.25) is 5.02 Å². The third-order valence-electron chi connectivity index (χ3n) is 3.45. The van der Waals surface area contributed by atoms with Gasteiger partial charge in [0.2, 0.25) is 0 Å². The van der Waals surface area contributed by atoms with Crippen LogP contribution in [0.3, 0.4) is 0 Å². The van der Waals surface area contributed by atoms with Gasteiger partial charge in [-0.3, -0.25) is 0 Å².